The monoisotopic (exact) mass is 238 g/mol. The summed E-state index contributed by atoms with van der Waals surface area (Å²) in [5.74, 6) is -0.378. The molecule has 2 rings (SSSR count). The van der Waals surface area contributed by atoms with Gasteiger partial charge in [-0.1, -0.05) is 0 Å². The van der Waals surface area contributed by atoms with Gasteiger partial charge < -0.3 is 20.1 Å². The highest BCUT2D eigenvalue weighted by Crippen LogP contribution is 2.16. The van der Waals surface area contributed by atoms with E-state index in [1.54, 1.807) is 0 Å². The van der Waals surface area contributed by atoms with E-state index >= 15 is 0 Å². The number of aromatic nitrogens is 1. The van der Waals surface area contributed by atoms with E-state index in [1.807, 2.05) is 0 Å². The second-order valence-corrected chi connectivity index (χ2v) is 4.15. The third kappa shape index (κ3) is 2.92. The molecule has 92 valence electrons. The van der Waals surface area contributed by atoms with Crippen LogP contribution >= 0.6 is 0 Å². The van der Waals surface area contributed by atoms with Crippen molar-refractivity contribution in [2.45, 2.75) is 12.0 Å². The fourth-order valence-electron chi connectivity index (χ4n) is 1.67. The lowest BCUT2D eigenvalue weighted by Crippen LogP contribution is -2.43. The van der Waals surface area contributed by atoms with E-state index in [0.29, 0.717) is 13.0 Å². The van der Waals surface area contributed by atoms with E-state index in [2.05, 4.69) is 10.3 Å². The molecule has 6 nitrogen and oxygen atoms in total. The summed E-state index contributed by atoms with van der Waals surface area (Å²) < 4.78 is 5.06. The number of rotatable bonds is 3. The normalized spacial score (nSPS) is 23.6. The number of aromatic amines is 1. The van der Waals surface area contributed by atoms with Gasteiger partial charge >= 0.3 is 0 Å². The molecule has 2 heterocycles. The molecule has 1 unspecified atom stereocenters. The molecular weight excluding hydrogens is 224 g/mol. The number of aliphatic hydroxyl groups is 1. The van der Waals surface area contributed by atoms with Gasteiger partial charge in [0.2, 0.25) is 5.56 Å². The SMILES string of the molecule is O=C(NCC1(O)CCOC1)c1cc[nH]c(=O)c1. The van der Waals surface area contributed by atoms with Crippen molar-refractivity contribution in [2.75, 3.05) is 19.8 Å². The van der Waals surface area contributed by atoms with Crippen LogP contribution in [-0.2, 0) is 4.74 Å². The first-order valence-electron chi connectivity index (χ1n) is 5.36. The van der Waals surface area contributed by atoms with Gasteiger partial charge in [0.15, 0.2) is 0 Å². The Bertz CT molecular complexity index is 463. The Labute approximate surface area is 97.6 Å². The number of hydrogen-bond acceptors (Lipinski definition) is 4. The molecule has 1 aliphatic rings. The molecule has 1 aromatic heterocycles. The van der Waals surface area contributed by atoms with E-state index in [4.69, 9.17) is 4.74 Å². The number of carbonyl (C=O) groups excluding carboxylic acids is 1. The van der Waals surface area contributed by atoms with Crippen LogP contribution in [0.1, 0.15) is 16.8 Å². The molecule has 0 saturated carbocycles. The molecule has 0 aromatic carbocycles. The van der Waals surface area contributed by atoms with Gasteiger partial charge in [0.05, 0.1) is 6.61 Å². The maximum absolute atomic E-state index is 11.7. The highest BCUT2D eigenvalue weighted by molar-refractivity contribution is 5.93. The van der Waals surface area contributed by atoms with Crippen LogP contribution in [0, 0.1) is 0 Å². The lowest BCUT2D eigenvalue weighted by Gasteiger charge is -2.20. The molecule has 1 fully saturated rings. The van der Waals surface area contributed by atoms with Crippen molar-refractivity contribution in [1.29, 1.82) is 0 Å². The summed E-state index contributed by atoms with van der Waals surface area (Å²) in [4.78, 5) is 25.1. The number of hydrogen-bond donors (Lipinski definition) is 3. The number of pyridine rings is 1. The quantitative estimate of drug-likeness (QED) is 0.646. The molecule has 1 aromatic rings. The van der Waals surface area contributed by atoms with E-state index in [9.17, 15) is 14.7 Å². The molecule has 1 atom stereocenters. The predicted octanol–water partition coefficient (Wildman–Crippen LogP) is -0.744. The summed E-state index contributed by atoms with van der Waals surface area (Å²) in [6, 6.07) is 2.72. The van der Waals surface area contributed by atoms with Crippen LogP contribution in [0.5, 0.6) is 0 Å². The van der Waals surface area contributed by atoms with Gasteiger partial charge in [-0.25, -0.2) is 0 Å². The summed E-state index contributed by atoms with van der Waals surface area (Å²) in [6.07, 6.45) is 1.91. The van der Waals surface area contributed by atoms with Crippen LogP contribution < -0.4 is 10.9 Å². The predicted molar refractivity (Wildman–Crippen MR) is 59.8 cm³/mol. The molecular formula is C11H14N2O4. The Kier molecular flexibility index (Phi) is 3.26. The van der Waals surface area contributed by atoms with Gasteiger partial charge in [-0.2, -0.15) is 0 Å². The zero-order chi connectivity index (χ0) is 12.3. The molecule has 6 heteroatoms. The molecule has 0 radical (unpaired) electrons. The van der Waals surface area contributed by atoms with Gasteiger partial charge in [0.25, 0.3) is 5.91 Å². The summed E-state index contributed by atoms with van der Waals surface area (Å²) in [5, 5.41) is 12.5. The molecule has 0 spiro atoms. The van der Waals surface area contributed by atoms with Crippen LogP contribution in [0.3, 0.4) is 0 Å². The first-order chi connectivity index (χ1) is 8.09. The topological polar surface area (TPSA) is 91.4 Å². The van der Waals surface area contributed by atoms with Crippen molar-refractivity contribution in [1.82, 2.24) is 10.3 Å². The lowest BCUT2D eigenvalue weighted by molar-refractivity contribution is 0.0264. The van der Waals surface area contributed by atoms with Crippen molar-refractivity contribution in [3.05, 3.63) is 34.2 Å². The minimum absolute atomic E-state index is 0.124. The Hall–Kier alpha value is -1.66. The maximum Gasteiger partial charge on any atom is 0.251 e. The van der Waals surface area contributed by atoms with Crippen LogP contribution in [0.4, 0.5) is 0 Å². The highest BCUT2D eigenvalue weighted by atomic mass is 16.5. The van der Waals surface area contributed by atoms with Crippen LogP contribution in [0.25, 0.3) is 0 Å². The second-order valence-electron chi connectivity index (χ2n) is 4.15. The van der Waals surface area contributed by atoms with Crippen LogP contribution in [-0.4, -0.2) is 41.4 Å². The summed E-state index contributed by atoms with van der Waals surface area (Å²) in [6.45, 7) is 0.846. The van der Waals surface area contributed by atoms with Crippen LogP contribution in [0.15, 0.2) is 23.1 Å². The molecule has 1 saturated heterocycles. The fourth-order valence-corrected chi connectivity index (χ4v) is 1.67. The summed E-state index contributed by atoms with van der Waals surface area (Å²) >= 11 is 0. The van der Waals surface area contributed by atoms with Crippen molar-refractivity contribution in [3.8, 4) is 0 Å². The van der Waals surface area contributed by atoms with Crippen molar-refractivity contribution in [2.24, 2.45) is 0 Å². The third-order valence-electron chi connectivity index (χ3n) is 2.70. The fraction of sp³-hybridized carbons (Fsp3) is 0.455. The largest absolute Gasteiger partial charge is 0.386 e. The maximum atomic E-state index is 11.7. The molecule has 1 amide bonds. The Morgan fingerprint density at radius 3 is 3.12 bits per heavy atom. The Balaban J connectivity index is 1.95. The summed E-state index contributed by atoms with van der Waals surface area (Å²) in [5.41, 5.74) is -1.05. The Morgan fingerprint density at radius 2 is 2.47 bits per heavy atom. The van der Waals surface area contributed by atoms with Gasteiger partial charge in [-0.3, -0.25) is 9.59 Å². The number of nitrogens with one attached hydrogen (secondary N) is 2. The number of amides is 1. The van der Waals surface area contributed by atoms with Gasteiger partial charge in [-0.05, 0) is 6.07 Å². The van der Waals surface area contributed by atoms with Gasteiger partial charge in [-0.15, -0.1) is 0 Å². The average Bonchev–Trinajstić information content (AvgIpc) is 2.74. The molecule has 17 heavy (non-hydrogen) atoms. The minimum Gasteiger partial charge on any atom is -0.386 e. The van der Waals surface area contributed by atoms with E-state index < -0.39 is 5.60 Å². The molecule has 3 N–H and O–H groups in total. The van der Waals surface area contributed by atoms with Crippen LogP contribution in [0.2, 0.25) is 0 Å². The van der Waals surface area contributed by atoms with E-state index in [1.165, 1.54) is 18.3 Å². The summed E-state index contributed by atoms with van der Waals surface area (Å²) in [7, 11) is 0. The molecule has 0 bridgehead atoms. The van der Waals surface area contributed by atoms with Crippen molar-refractivity contribution < 1.29 is 14.6 Å². The van der Waals surface area contributed by atoms with Crippen molar-refractivity contribution >= 4 is 5.91 Å². The first-order valence-corrected chi connectivity index (χ1v) is 5.36. The number of ether oxygens (including phenoxy) is 1. The second kappa shape index (κ2) is 4.68. The molecule has 1 aliphatic heterocycles. The third-order valence-corrected chi connectivity index (χ3v) is 2.70. The zero-order valence-electron chi connectivity index (χ0n) is 9.23. The lowest BCUT2D eigenvalue weighted by atomic mass is 10.0. The average molecular weight is 238 g/mol. The van der Waals surface area contributed by atoms with Gasteiger partial charge in [0, 0.05) is 37.4 Å². The van der Waals surface area contributed by atoms with E-state index in [0.717, 1.165) is 0 Å². The Morgan fingerprint density at radius 1 is 1.65 bits per heavy atom. The minimum atomic E-state index is -0.989. The number of carbonyl (C=O) groups is 1. The zero-order valence-corrected chi connectivity index (χ0v) is 9.23. The standard InChI is InChI=1S/C11H14N2O4/c14-9-5-8(1-3-12-9)10(15)13-6-11(16)2-4-17-7-11/h1,3,5,16H,2,4,6-7H2,(H,12,14)(H,13,15). The first kappa shape index (κ1) is 11.8. The highest BCUT2D eigenvalue weighted by Gasteiger charge is 2.32. The van der Waals surface area contributed by atoms with Crippen molar-refractivity contribution in [3.63, 3.8) is 0 Å². The number of H-pyrrole nitrogens is 1. The van der Waals surface area contributed by atoms with Gasteiger partial charge in [0.1, 0.15) is 5.60 Å². The smallest absolute Gasteiger partial charge is 0.251 e. The van der Waals surface area contributed by atoms with E-state index in [-0.39, 0.29) is 30.2 Å². The molecule has 0 aliphatic carbocycles.